The molecule has 0 aromatic heterocycles. The largest absolute Gasteiger partial charge is 0.399 e. The van der Waals surface area contributed by atoms with E-state index in [0.29, 0.717) is 5.92 Å². The number of hydrogen-bond acceptors (Lipinski definition) is 3. The van der Waals surface area contributed by atoms with Crippen LogP contribution in [0.25, 0.3) is 0 Å². The summed E-state index contributed by atoms with van der Waals surface area (Å²) in [6.07, 6.45) is 0. The van der Waals surface area contributed by atoms with Gasteiger partial charge < -0.3 is 5.73 Å². The van der Waals surface area contributed by atoms with Crippen LogP contribution >= 0.6 is 0 Å². The van der Waals surface area contributed by atoms with E-state index < -0.39 is 15.8 Å². The zero-order valence-corrected chi connectivity index (χ0v) is 12.5. The number of hydrogen-bond donors (Lipinski definition) is 2. The van der Waals surface area contributed by atoms with Gasteiger partial charge >= 0.3 is 0 Å². The van der Waals surface area contributed by atoms with E-state index in [1.165, 1.54) is 6.07 Å². The van der Waals surface area contributed by atoms with Crippen molar-refractivity contribution in [3.8, 4) is 0 Å². The van der Waals surface area contributed by atoms with Gasteiger partial charge in [-0.25, -0.2) is 17.5 Å². The zero-order valence-electron chi connectivity index (χ0n) is 11.7. The van der Waals surface area contributed by atoms with Gasteiger partial charge in [0, 0.05) is 12.2 Å². The second kappa shape index (κ2) is 5.46. The molecule has 0 amide bonds. The molecule has 108 valence electrons. The second-order valence-corrected chi connectivity index (χ2v) is 7.46. The Balaban J connectivity index is 2.93. The van der Waals surface area contributed by atoms with E-state index in [1.807, 2.05) is 27.7 Å². The van der Waals surface area contributed by atoms with Crippen molar-refractivity contribution in [2.24, 2.45) is 11.3 Å². The quantitative estimate of drug-likeness (QED) is 0.817. The number of sulfonamides is 1. The number of benzene rings is 1. The molecular weight excluding hydrogens is 267 g/mol. The number of halogens is 1. The third-order valence-corrected chi connectivity index (χ3v) is 4.87. The third-order valence-electron chi connectivity index (χ3n) is 3.48. The molecule has 19 heavy (non-hydrogen) atoms. The minimum atomic E-state index is -3.74. The highest BCUT2D eigenvalue weighted by Crippen LogP contribution is 2.25. The van der Waals surface area contributed by atoms with E-state index in [-0.39, 0.29) is 22.5 Å². The maximum Gasteiger partial charge on any atom is 0.240 e. The van der Waals surface area contributed by atoms with Crippen LogP contribution in [0.5, 0.6) is 0 Å². The Morgan fingerprint density at radius 1 is 1.32 bits per heavy atom. The summed E-state index contributed by atoms with van der Waals surface area (Å²) < 4.78 is 39.8. The fourth-order valence-electron chi connectivity index (χ4n) is 1.31. The van der Waals surface area contributed by atoms with E-state index in [1.54, 1.807) is 0 Å². The molecular formula is C13H21FN2O2S. The summed E-state index contributed by atoms with van der Waals surface area (Å²) in [5, 5.41) is 0. The van der Waals surface area contributed by atoms with Crippen molar-refractivity contribution < 1.29 is 12.8 Å². The van der Waals surface area contributed by atoms with Crippen LogP contribution in [0.1, 0.15) is 27.7 Å². The summed E-state index contributed by atoms with van der Waals surface area (Å²) in [4.78, 5) is -0.149. The first-order valence-corrected chi connectivity index (χ1v) is 7.58. The SMILES string of the molecule is CC(C)C(C)(C)CNS(=O)(=O)c1cc(N)cc(F)c1. The van der Waals surface area contributed by atoms with Crippen molar-refractivity contribution in [2.75, 3.05) is 12.3 Å². The molecule has 0 unspecified atom stereocenters. The molecule has 0 saturated carbocycles. The van der Waals surface area contributed by atoms with Gasteiger partial charge in [0.25, 0.3) is 0 Å². The highest BCUT2D eigenvalue weighted by molar-refractivity contribution is 7.89. The van der Waals surface area contributed by atoms with Crippen molar-refractivity contribution in [1.82, 2.24) is 4.72 Å². The molecule has 0 heterocycles. The predicted octanol–water partition coefficient (Wildman–Crippen LogP) is 2.37. The van der Waals surface area contributed by atoms with Crippen LogP contribution in [0.2, 0.25) is 0 Å². The molecule has 1 aromatic carbocycles. The lowest BCUT2D eigenvalue weighted by Crippen LogP contribution is -2.37. The van der Waals surface area contributed by atoms with Crippen molar-refractivity contribution in [1.29, 1.82) is 0 Å². The highest BCUT2D eigenvalue weighted by atomic mass is 32.2. The van der Waals surface area contributed by atoms with Crippen LogP contribution in [-0.4, -0.2) is 15.0 Å². The van der Waals surface area contributed by atoms with Gasteiger partial charge in [0.1, 0.15) is 5.82 Å². The molecule has 4 nitrogen and oxygen atoms in total. The fourth-order valence-corrected chi connectivity index (χ4v) is 2.60. The molecule has 0 bridgehead atoms. The van der Waals surface area contributed by atoms with E-state index in [0.717, 1.165) is 12.1 Å². The molecule has 1 aromatic rings. The summed E-state index contributed by atoms with van der Waals surface area (Å²) >= 11 is 0. The monoisotopic (exact) mass is 288 g/mol. The first-order chi connectivity index (χ1) is 8.54. The number of nitrogens with two attached hydrogens (primary N) is 1. The lowest BCUT2D eigenvalue weighted by Gasteiger charge is -2.29. The molecule has 0 saturated heterocycles. The van der Waals surface area contributed by atoms with Crippen LogP contribution in [-0.2, 0) is 10.0 Å². The highest BCUT2D eigenvalue weighted by Gasteiger charge is 2.25. The fraction of sp³-hybridized carbons (Fsp3) is 0.538. The van der Waals surface area contributed by atoms with Gasteiger partial charge in [-0.05, 0) is 29.5 Å². The molecule has 3 N–H and O–H groups in total. The van der Waals surface area contributed by atoms with E-state index in [9.17, 15) is 12.8 Å². The Kier molecular flexibility index (Phi) is 4.58. The molecule has 1 rings (SSSR count). The lowest BCUT2D eigenvalue weighted by atomic mass is 9.81. The molecule has 6 heteroatoms. The normalized spacial score (nSPS) is 12.9. The minimum Gasteiger partial charge on any atom is -0.399 e. The molecule has 0 aliphatic carbocycles. The summed E-state index contributed by atoms with van der Waals surface area (Å²) in [7, 11) is -3.74. The molecule has 0 atom stereocenters. The average molecular weight is 288 g/mol. The smallest absolute Gasteiger partial charge is 0.240 e. The van der Waals surface area contributed by atoms with Crippen LogP contribution in [0.15, 0.2) is 23.1 Å². The third kappa shape index (κ3) is 4.18. The van der Waals surface area contributed by atoms with Crippen LogP contribution in [0.3, 0.4) is 0 Å². The van der Waals surface area contributed by atoms with Crippen LogP contribution < -0.4 is 10.5 Å². The Bertz CT molecular complexity index is 534. The zero-order chi connectivity index (χ0) is 14.8. The van der Waals surface area contributed by atoms with Gasteiger partial charge in [0.05, 0.1) is 4.90 Å². The van der Waals surface area contributed by atoms with E-state index in [2.05, 4.69) is 4.72 Å². The van der Waals surface area contributed by atoms with Crippen molar-refractivity contribution in [2.45, 2.75) is 32.6 Å². The number of nitrogens with one attached hydrogen (secondary N) is 1. The Labute approximate surface area is 114 Å². The molecule has 0 aliphatic rings. The first kappa shape index (κ1) is 15.9. The van der Waals surface area contributed by atoms with Gasteiger partial charge in [0.15, 0.2) is 0 Å². The average Bonchev–Trinajstić information content (AvgIpc) is 2.25. The number of rotatable bonds is 5. The summed E-state index contributed by atoms with van der Waals surface area (Å²) in [5.74, 6) is -0.351. The van der Waals surface area contributed by atoms with E-state index >= 15 is 0 Å². The van der Waals surface area contributed by atoms with Gasteiger partial charge in [-0.2, -0.15) is 0 Å². The predicted molar refractivity (Wildman–Crippen MR) is 74.6 cm³/mol. The van der Waals surface area contributed by atoms with Crippen molar-refractivity contribution in [3.63, 3.8) is 0 Å². The lowest BCUT2D eigenvalue weighted by molar-refractivity contribution is 0.252. The molecule has 0 spiro atoms. The Morgan fingerprint density at radius 3 is 2.37 bits per heavy atom. The van der Waals surface area contributed by atoms with Crippen LogP contribution in [0.4, 0.5) is 10.1 Å². The topological polar surface area (TPSA) is 72.2 Å². The second-order valence-electron chi connectivity index (χ2n) is 5.69. The minimum absolute atomic E-state index is 0.0866. The van der Waals surface area contributed by atoms with Gasteiger partial charge in [0.2, 0.25) is 10.0 Å². The molecule has 0 fully saturated rings. The Hall–Kier alpha value is -1.14. The summed E-state index contributed by atoms with van der Waals surface area (Å²) in [5.41, 5.74) is 5.35. The van der Waals surface area contributed by atoms with Crippen LogP contribution in [0, 0.1) is 17.2 Å². The van der Waals surface area contributed by atoms with Gasteiger partial charge in [-0.15, -0.1) is 0 Å². The summed E-state index contributed by atoms with van der Waals surface area (Å²) in [6, 6.07) is 3.28. The number of anilines is 1. The van der Waals surface area contributed by atoms with Gasteiger partial charge in [-0.3, -0.25) is 0 Å². The summed E-state index contributed by atoms with van der Waals surface area (Å²) in [6.45, 7) is 8.27. The number of nitrogen functional groups attached to an aromatic ring is 1. The van der Waals surface area contributed by atoms with Crippen molar-refractivity contribution >= 4 is 15.7 Å². The first-order valence-electron chi connectivity index (χ1n) is 6.10. The van der Waals surface area contributed by atoms with Gasteiger partial charge in [-0.1, -0.05) is 27.7 Å². The standard InChI is InChI=1S/C13H21FN2O2S/c1-9(2)13(3,4)8-16-19(17,18)12-6-10(14)5-11(15)7-12/h5-7,9,16H,8,15H2,1-4H3. The molecule has 0 aliphatic heterocycles. The Morgan fingerprint density at radius 2 is 1.89 bits per heavy atom. The van der Waals surface area contributed by atoms with Crippen molar-refractivity contribution in [3.05, 3.63) is 24.0 Å². The maximum absolute atomic E-state index is 13.2. The molecule has 0 radical (unpaired) electrons. The maximum atomic E-state index is 13.2. The van der Waals surface area contributed by atoms with E-state index in [4.69, 9.17) is 5.73 Å².